The molecule has 7 heteroatoms. The molecule has 18 heavy (non-hydrogen) atoms. The van der Waals surface area contributed by atoms with E-state index in [2.05, 4.69) is 10.3 Å². The molecule has 0 aliphatic carbocycles. The molecule has 1 atom stereocenters. The fourth-order valence-corrected chi connectivity index (χ4v) is 2.51. The molecule has 1 rings (SSSR count). The quantitative estimate of drug-likeness (QED) is 0.870. The summed E-state index contributed by atoms with van der Waals surface area (Å²) in [4.78, 5) is 28.6. The summed E-state index contributed by atoms with van der Waals surface area (Å²) >= 11 is 1.53. The van der Waals surface area contributed by atoms with Gasteiger partial charge in [-0.1, -0.05) is 0 Å². The van der Waals surface area contributed by atoms with Crippen LogP contribution >= 0.6 is 11.3 Å². The summed E-state index contributed by atoms with van der Waals surface area (Å²) in [6.45, 7) is 5.33. The number of aliphatic carboxylic acids is 1. The lowest BCUT2D eigenvalue weighted by Gasteiger charge is -2.19. The first-order chi connectivity index (χ1) is 8.31. The van der Waals surface area contributed by atoms with Crippen molar-refractivity contribution in [2.24, 2.45) is 0 Å². The van der Waals surface area contributed by atoms with E-state index >= 15 is 0 Å². The minimum Gasteiger partial charge on any atom is -0.480 e. The molecule has 2 N–H and O–H groups in total. The zero-order valence-corrected chi connectivity index (χ0v) is 11.7. The lowest BCUT2D eigenvalue weighted by molar-refractivity contribution is -0.137. The summed E-state index contributed by atoms with van der Waals surface area (Å²) in [5.74, 6) is -1.04. The van der Waals surface area contributed by atoms with Crippen LogP contribution in [0, 0.1) is 13.8 Å². The minimum atomic E-state index is -1.04. The number of hydrogen-bond donors (Lipinski definition) is 2. The van der Waals surface area contributed by atoms with Crippen LogP contribution in [0.25, 0.3) is 0 Å². The third-order valence-corrected chi connectivity index (χ3v) is 3.65. The molecule has 6 nitrogen and oxygen atoms in total. The Kier molecular flexibility index (Phi) is 4.66. The molecular formula is C11H17N3O3S. The first kappa shape index (κ1) is 14.4. The molecule has 0 aromatic carbocycles. The third kappa shape index (κ3) is 3.69. The average molecular weight is 271 g/mol. The highest BCUT2D eigenvalue weighted by molar-refractivity contribution is 7.11. The van der Waals surface area contributed by atoms with Gasteiger partial charge in [0.05, 0.1) is 16.7 Å². The van der Waals surface area contributed by atoms with E-state index < -0.39 is 12.0 Å². The molecule has 0 fully saturated rings. The number of carboxylic acid groups (broad SMARTS) is 1. The van der Waals surface area contributed by atoms with Crippen molar-refractivity contribution >= 4 is 23.3 Å². The Bertz CT molecular complexity index is 458. The number of rotatable bonds is 4. The Hall–Kier alpha value is -1.63. The van der Waals surface area contributed by atoms with Crippen molar-refractivity contribution in [2.45, 2.75) is 26.8 Å². The van der Waals surface area contributed by atoms with Gasteiger partial charge in [0.2, 0.25) is 0 Å². The Balaban J connectivity index is 2.64. The van der Waals surface area contributed by atoms with Crippen molar-refractivity contribution in [2.75, 3.05) is 13.6 Å². The Morgan fingerprint density at radius 2 is 2.11 bits per heavy atom. The van der Waals surface area contributed by atoms with E-state index in [0.717, 1.165) is 20.5 Å². The number of thiazole rings is 1. The molecule has 2 amide bonds. The largest absolute Gasteiger partial charge is 0.480 e. The number of urea groups is 1. The van der Waals surface area contributed by atoms with Crippen LogP contribution in [0.1, 0.15) is 28.5 Å². The van der Waals surface area contributed by atoms with Crippen molar-refractivity contribution < 1.29 is 14.7 Å². The zero-order chi connectivity index (χ0) is 13.9. The number of amides is 2. The van der Waals surface area contributed by atoms with Crippen LogP contribution in [0.2, 0.25) is 0 Å². The standard InChI is InChI=1S/C11H17N3O3S/c1-6-10(18-8(3)12-6)7(2)13-11(17)14(4)5-9(15)16/h7H,5H2,1-4H3,(H,13,17)(H,15,16). The average Bonchev–Trinajstić information content (AvgIpc) is 2.56. The molecule has 0 bridgehead atoms. The molecule has 1 aromatic rings. The maximum Gasteiger partial charge on any atom is 0.323 e. The number of likely N-dealkylation sites (N-methyl/N-ethyl adjacent to an activating group) is 1. The molecule has 0 spiro atoms. The van der Waals surface area contributed by atoms with Gasteiger partial charge in [0, 0.05) is 11.9 Å². The number of aryl methyl sites for hydroxylation is 2. The number of carboxylic acids is 1. The fourth-order valence-electron chi connectivity index (χ4n) is 1.58. The van der Waals surface area contributed by atoms with Gasteiger partial charge in [0.25, 0.3) is 0 Å². The van der Waals surface area contributed by atoms with Crippen molar-refractivity contribution in [3.05, 3.63) is 15.6 Å². The Morgan fingerprint density at radius 1 is 1.50 bits per heavy atom. The number of nitrogens with one attached hydrogen (secondary N) is 1. The van der Waals surface area contributed by atoms with Gasteiger partial charge in [-0.3, -0.25) is 4.79 Å². The number of aromatic nitrogens is 1. The smallest absolute Gasteiger partial charge is 0.323 e. The van der Waals surface area contributed by atoms with Crippen LogP contribution in [-0.4, -0.2) is 40.6 Å². The van der Waals surface area contributed by atoms with Gasteiger partial charge >= 0.3 is 12.0 Å². The highest BCUT2D eigenvalue weighted by atomic mass is 32.1. The zero-order valence-electron chi connectivity index (χ0n) is 10.9. The van der Waals surface area contributed by atoms with Gasteiger partial charge in [-0.05, 0) is 20.8 Å². The minimum absolute atomic E-state index is 0.181. The van der Waals surface area contributed by atoms with Gasteiger partial charge in [0.15, 0.2) is 0 Å². The van der Waals surface area contributed by atoms with E-state index in [1.165, 1.54) is 18.4 Å². The summed E-state index contributed by atoms with van der Waals surface area (Å²) in [5, 5.41) is 12.3. The van der Waals surface area contributed by atoms with Gasteiger partial charge in [-0.25, -0.2) is 9.78 Å². The summed E-state index contributed by atoms with van der Waals surface area (Å²) < 4.78 is 0. The lowest BCUT2D eigenvalue weighted by atomic mass is 10.2. The van der Waals surface area contributed by atoms with Crippen LogP contribution in [0.4, 0.5) is 4.79 Å². The normalized spacial score (nSPS) is 12.0. The molecule has 0 saturated heterocycles. The summed E-state index contributed by atoms with van der Waals surface area (Å²) in [6.07, 6.45) is 0. The summed E-state index contributed by atoms with van der Waals surface area (Å²) in [6, 6.07) is -0.588. The fraction of sp³-hybridized carbons (Fsp3) is 0.545. The Labute approximate surface area is 110 Å². The van der Waals surface area contributed by atoms with E-state index in [0.29, 0.717) is 0 Å². The van der Waals surface area contributed by atoms with E-state index in [1.807, 2.05) is 20.8 Å². The van der Waals surface area contributed by atoms with Crippen molar-refractivity contribution in [3.63, 3.8) is 0 Å². The lowest BCUT2D eigenvalue weighted by Crippen LogP contribution is -2.41. The second-order valence-corrected chi connectivity index (χ2v) is 5.34. The van der Waals surface area contributed by atoms with Gasteiger partial charge < -0.3 is 15.3 Å². The molecule has 0 radical (unpaired) electrons. The van der Waals surface area contributed by atoms with Crippen LogP contribution < -0.4 is 5.32 Å². The SMILES string of the molecule is Cc1nc(C)c(C(C)NC(=O)N(C)CC(=O)O)s1. The topological polar surface area (TPSA) is 82.5 Å². The van der Waals surface area contributed by atoms with Crippen molar-refractivity contribution in [3.8, 4) is 0 Å². The van der Waals surface area contributed by atoms with Crippen molar-refractivity contribution in [1.82, 2.24) is 15.2 Å². The predicted molar refractivity (Wildman–Crippen MR) is 68.8 cm³/mol. The van der Waals surface area contributed by atoms with Crippen LogP contribution in [0.15, 0.2) is 0 Å². The molecule has 0 saturated carbocycles. The van der Waals surface area contributed by atoms with Gasteiger partial charge in [0.1, 0.15) is 6.54 Å². The maximum absolute atomic E-state index is 11.7. The third-order valence-electron chi connectivity index (χ3n) is 2.39. The Morgan fingerprint density at radius 3 is 2.56 bits per heavy atom. The number of carbonyl (C=O) groups excluding carboxylic acids is 1. The molecular weight excluding hydrogens is 254 g/mol. The second kappa shape index (κ2) is 5.81. The number of carbonyl (C=O) groups is 2. The molecule has 0 aliphatic heterocycles. The highest BCUT2D eigenvalue weighted by Gasteiger charge is 2.18. The van der Waals surface area contributed by atoms with E-state index in [-0.39, 0.29) is 12.6 Å². The first-order valence-corrected chi connectivity index (χ1v) is 6.30. The second-order valence-electron chi connectivity index (χ2n) is 4.10. The van der Waals surface area contributed by atoms with Crippen molar-refractivity contribution in [1.29, 1.82) is 0 Å². The van der Waals surface area contributed by atoms with Gasteiger partial charge in [-0.15, -0.1) is 11.3 Å². The molecule has 1 aromatic heterocycles. The number of nitrogens with zero attached hydrogens (tertiary/aromatic N) is 2. The van der Waals surface area contributed by atoms with Gasteiger partial charge in [-0.2, -0.15) is 0 Å². The highest BCUT2D eigenvalue weighted by Crippen LogP contribution is 2.24. The monoisotopic (exact) mass is 271 g/mol. The molecule has 100 valence electrons. The van der Waals surface area contributed by atoms with E-state index in [9.17, 15) is 9.59 Å². The maximum atomic E-state index is 11.7. The number of hydrogen-bond acceptors (Lipinski definition) is 4. The van der Waals surface area contributed by atoms with Crippen LogP contribution in [0.5, 0.6) is 0 Å². The molecule has 0 aliphatic rings. The van der Waals surface area contributed by atoms with Crippen LogP contribution in [0.3, 0.4) is 0 Å². The summed E-state index contributed by atoms with van der Waals surface area (Å²) in [7, 11) is 1.45. The summed E-state index contributed by atoms with van der Waals surface area (Å²) in [5.41, 5.74) is 0.895. The molecule has 1 heterocycles. The van der Waals surface area contributed by atoms with E-state index in [1.54, 1.807) is 0 Å². The molecule has 1 unspecified atom stereocenters. The predicted octanol–water partition coefficient (Wildman–Crippen LogP) is 1.55. The van der Waals surface area contributed by atoms with Crippen LogP contribution in [-0.2, 0) is 4.79 Å². The van der Waals surface area contributed by atoms with E-state index in [4.69, 9.17) is 5.11 Å². The first-order valence-electron chi connectivity index (χ1n) is 5.48.